The van der Waals surface area contributed by atoms with Gasteiger partial charge >= 0.3 is 0 Å². The van der Waals surface area contributed by atoms with Gasteiger partial charge in [-0.1, -0.05) is 17.8 Å². The molecule has 3 aromatic rings. The number of piperidine rings is 1. The quantitative estimate of drug-likeness (QED) is 0.703. The molecule has 6 nitrogen and oxygen atoms in total. The van der Waals surface area contributed by atoms with Crippen molar-refractivity contribution in [2.45, 2.75) is 50.6 Å². The van der Waals surface area contributed by atoms with Crippen molar-refractivity contribution in [2.75, 3.05) is 6.54 Å². The summed E-state index contributed by atoms with van der Waals surface area (Å²) in [5, 5.41) is 8.72. The molecule has 5 rings (SSSR count). The maximum Gasteiger partial charge on any atom is 0.275 e. The summed E-state index contributed by atoms with van der Waals surface area (Å²) in [4.78, 5) is 24.8. The molecule has 130 valence electrons. The molecule has 1 unspecified atom stereocenters. The maximum absolute atomic E-state index is 12.4. The van der Waals surface area contributed by atoms with Crippen molar-refractivity contribution in [1.29, 1.82) is 0 Å². The molecule has 8 heteroatoms. The molecular formula is C17H19N5OS2. The van der Waals surface area contributed by atoms with E-state index in [1.54, 1.807) is 28.7 Å². The fraction of sp³-hybridized carbons (Fsp3) is 0.529. The number of thiazole rings is 1. The largest absolute Gasteiger partial charge is 0.288 e. The van der Waals surface area contributed by atoms with Gasteiger partial charge < -0.3 is 0 Å². The third kappa shape index (κ3) is 3.02. The van der Waals surface area contributed by atoms with Gasteiger partial charge in [0.2, 0.25) is 4.96 Å². The smallest absolute Gasteiger partial charge is 0.275 e. The molecule has 0 bridgehead atoms. The van der Waals surface area contributed by atoms with Crippen molar-refractivity contribution in [3.8, 4) is 0 Å². The van der Waals surface area contributed by atoms with Gasteiger partial charge in [-0.05, 0) is 32.2 Å². The van der Waals surface area contributed by atoms with Crippen molar-refractivity contribution in [3.63, 3.8) is 0 Å². The van der Waals surface area contributed by atoms with Crippen molar-refractivity contribution < 1.29 is 0 Å². The van der Waals surface area contributed by atoms with Crippen LogP contribution in [0.4, 0.5) is 0 Å². The van der Waals surface area contributed by atoms with Crippen LogP contribution in [0.2, 0.25) is 0 Å². The number of fused-ring (bicyclic) bond motifs is 1. The molecule has 25 heavy (non-hydrogen) atoms. The van der Waals surface area contributed by atoms with Gasteiger partial charge in [0.05, 0.1) is 11.7 Å². The number of nitrogens with zero attached hydrogens (tertiary/aromatic N) is 5. The van der Waals surface area contributed by atoms with Gasteiger partial charge in [0, 0.05) is 30.1 Å². The molecule has 1 atom stereocenters. The molecule has 2 aliphatic rings. The average molecular weight is 374 g/mol. The molecule has 0 amide bonds. The molecule has 0 spiro atoms. The summed E-state index contributed by atoms with van der Waals surface area (Å²) >= 11 is 3.28. The van der Waals surface area contributed by atoms with Crippen LogP contribution in [0.3, 0.4) is 0 Å². The molecule has 1 aliphatic heterocycles. The lowest BCUT2D eigenvalue weighted by Crippen LogP contribution is -2.33. The van der Waals surface area contributed by atoms with Crippen LogP contribution >= 0.6 is 22.7 Å². The van der Waals surface area contributed by atoms with Crippen LogP contribution in [0.25, 0.3) is 4.96 Å². The van der Waals surface area contributed by atoms with Crippen LogP contribution in [-0.4, -0.2) is 31.0 Å². The second-order valence-corrected chi connectivity index (χ2v) is 8.76. The number of hydrogen-bond donors (Lipinski definition) is 0. The maximum atomic E-state index is 12.4. The van der Waals surface area contributed by atoms with E-state index in [4.69, 9.17) is 4.98 Å². The second-order valence-electron chi connectivity index (χ2n) is 6.85. The van der Waals surface area contributed by atoms with Crippen LogP contribution in [-0.2, 0) is 6.54 Å². The first-order valence-corrected chi connectivity index (χ1v) is 10.5. The molecule has 3 aromatic heterocycles. The lowest BCUT2D eigenvalue weighted by Gasteiger charge is -2.34. The fourth-order valence-electron chi connectivity index (χ4n) is 3.51. The zero-order chi connectivity index (χ0) is 16.8. The first-order chi connectivity index (χ1) is 12.3. The first kappa shape index (κ1) is 15.6. The highest BCUT2D eigenvalue weighted by atomic mass is 32.1. The molecule has 4 heterocycles. The Balaban J connectivity index is 1.45. The van der Waals surface area contributed by atoms with Crippen molar-refractivity contribution in [1.82, 2.24) is 24.5 Å². The van der Waals surface area contributed by atoms with Crippen LogP contribution in [0.15, 0.2) is 22.4 Å². The molecule has 0 aromatic carbocycles. The van der Waals surface area contributed by atoms with Gasteiger partial charge in [-0.15, -0.1) is 11.3 Å². The standard InChI is InChI=1S/C17H19N5OS2/c23-14-9-12(19-17-22(14)20-15(25-17)11-4-5-11)10-21-7-2-1-3-13(21)16-18-6-8-24-16/h6,8-9,11,13H,1-5,7,10H2. The first-order valence-electron chi connectivity index (χ1n) is 8.81. The summed E-state index contributed by atoms with van der Waals surface area (Å²) in [6, 6.07) is 1.99. The molecule has 1 saturated heterocycles. The van der Waals surface area contributed by atoms with E-state index >= 15 is 0 Å². The molecule has 2 fully saturated rings. The topological polar surface area (TPSA) is 63.4 Å². The van der Waals surface area contributed by atoms with Crippen LogP contribution in [0.1, 0.15) is 59.8 Å². The Hall–Kier alpha value is -1.64. The Bertz CT molecular complexity index is 944. The highest BCUT2D eigenvalue weighted by molar-refractivity contribution is 7.16. The Morgan fingerprint density at radius 1 is 1.20 bits per heavy atom. The Morgan fingerprint density at radius 3 is 2.92 bits per heavy atom. The Kier molecular flexibility index (Phi) is 3.91. The minimum Gasteiger partial charge on any atom is -0.288 e. The van der Waals surface area contributed by atoms with Gasteiger partial charge in [0.1, 0.15) is 10.0 Å². The van der Waals surface area contributed by atoms with E-state index in [0.717, 1.165) is 28.6 Å². The van der Waals surface area contributed by atoms with Crippen molar-refractivity contribution in [3.05, 3.63) is 43.7 Å². The summed E-state index contributed by atoms with van der Waals surface area (Å²) in [7, 11) is 0. The van der Waals surface area contributed by atoms with E-state index in [9.17, 15) is 4.79 Å². The van der Waals surface area contributed by atoms with E-state index in [1.165, 1.54) is 35.2 Å². The lowest BCUT2D eigenvalue weighted by molar-refractivity contribution is 0.138. The summed E-state index contributed by atoms with van der Waals surface area (Å²) in [5.41, 5.74) is 0.783. The molecular weight excluding hydrogens is 354 g/mol. The Labute approximate surface area is 153 Å². The number of hydrogen-bond acceptors (Lipinski definition) is 7. The zero-order valence-corrected chi connectivity index (χ0v) is 15.4. The molecule has 1 aliphatic carbocycles. The summed E-state index contributed by atoms with van der Waals surface area (Å²) < 4.78 is 1.47. The molecule has 1 saturated carbocycles. The van der Waals surface area contributed by atoms with Crippen LogP contribution in [0.5, 0.6) is 0 Å². The lowest BCUT2D eigenvalue weighted by atomic mass is 10.0. The highest BCUT2D eigenvalue weighted by Gasteiger charge is 2.29. The summed E-state index contributed by atoms with van der Waals surface area (Å²) in [6.07, 6.45) is 7.79. The summed E-state index contributed by atoms with van der Waals surface area (Å²) in [5.74, 6) is 0.547. The third-order valence-electron chi connectivity index (χ3n) is 4.96. The van der Waals surface area contributed by atoms with E-state index in [-0.39, 0.29) is 5.56 Å². The minimum absolute atomic E-state index is 0.0639. The number of aromatic nitrogens is 4. The van der Waals surface area contributed by atoms with Crippen LogP contribution < -0.4 is 5.56 Å². The van der Waals surface area contributed by atoms with Gasteiger partial charge in [0.15, 0.2) is 0 Å². The minimum atomic E-state index is -0.0639. The van der Waals surface area contributed by atoms with Gasteiger partial charge in [-0.25, -0.2) is 9.97 Å². The number of rotatable bonds is 4. The average Bonchev–Trinajstić information content (AvgIpc) is 3.15. The Morgan fingerprint density at radius 2 is 2.12 bits per heavy atom. The van der Waals surface area contributed by atoms with E-state index in [0.29, 0.717) is 18.5 Å². The zero-order valence-electron chi connectivity index (χ0n) is 13.8. The van der Waals surface area contributed by atoms with Crippen LogP contribution in [0, 0.1) is 0 Å². The molecule has 0 N–H and O–H groups in total. The van der Waals surface area contributed by atoms with Crippen molar-refractivity contribution in [2.24, 2.45) is 0 Å². The predicted molar refractivity (Wildman–Crippen MR) is 98.2 cm³/mol. The van der Waals surface area contributed by atoms with Crippen molar-refractivity contribution >= 4 is 27.6 Å². The number of likely N-dealkylation sites (tertiary alicyclic amines) is 1. The van der Waals surface area contributed by atoms with Gasteiger partial charge in [-0.2, -0.15) is 9.61 Å². The molecule has 0 radical (unpaired) electrons. The second kappa shape index (κ2) is 6.26. The summed E-state index contributed by atoms with van der Waals surface area (Å²) in [6.45, 7) is 1.73. The van der Waals surface area contributed by atoms with E-state index in [2.05, 4.69) is 15.0 Å². The highest BCUT2D eigenvalue weighted by Crippen LogP contribution is 2.41. The van der Waals surface area contributed by atoms with Gasteiger partial charge in [0.25, 0.3) is 5.56 Å². The van der Waals surface area contributed by atoms with E-state index < -0.39 is 0 Å². The van der Waals surface area contributed by atoms with Gasteiger partial charge in [-0.3, -0.25) is 9.69 Å². The normalized spacial score (nSPS) is 21.8. The third-order valence-corrected chi connectivity index (χ3v) is 6.90. The predicted octanol–water partition coefficient (Wildman–Crippen LogP) is 3.21. The monoisotopic (exact) mass is 373 g/mol. The van der Waals surface area contributed by atoms with E-state index in [1.807, 2.05) is 11.6 Å². The SMILES string of the molecule is O=c1cc(CN2CCCCC2c2nccs2)nc2sc(C3CC3)nn12. The fourth-order valence-corrected chi connectivity index (χ4v) is 5.41.